The lowest BCUT2D eigenvalue weighted by atomic mass is 9.88. The van der Waals surface area contributed by atoms with E-state index in [4.69, 9.17) is 10.9 Å². The van der Waals surface area contributed by atoms with Crippen LogP contribution in [-0.2, 0) is 0 Å². The Bertz CT molecular complexity index is 389. The van der Waals surface area contributed by atoms with Crippen molar-refractivity contribution in [2.24, 2.45) is 16.3 Å². The smallest absolute Gasteiger partial charge is 0.144 e. The molecule has 5 heteroatoms. The van der Waals surface area contributed by atoms with Gasteiger partial charge in [0, 0.05) is 17.7 Å². The Balaban J connectivity index is 2.43. The van der Waals surface area contributed by atoms with Gasteiger partial charge >= 0.3 is 0 Å². The Morgan fingerprint density at radius 1 is 1.56 bits per heavy atom. The number of amidine groups is 1. The highest BCUT2D eigenvalue weighted by atomic mass is 16.4. The Morgan fingerprint density at radius 3 is 2.83 bits per heavy atom. The maximum absolute atomic E-state index is 8.69. The Hall–Kier alpha value is -1.62. The van der Waals surface area contributed by atoms with Crippen LogP contribution in [0.5, 0.6) is 0 Å². The summed E-state index contributed by atoms with van der Waals surface area (Å²) in [6, 6.07) is 6.06. The van der Waals surface area contributed by atoms with E-state index in [0.717, 1.165) is 18.7 Å². The minimum Gasteiger partial charge on any atom is -0.409 e. The molecule has 18 heavy (non-hydrogen) atoms. The molecular weight excluding hydrogens is 228 g/mol. The van der Waals surface area contributed by atoms with E-state index < -0.39 is 0 Å². The van der Waals surface area contributed by atoms with Gasteiger partial charge in [0.2, 0.25) is 0 Å². The number of hydrogen-bond donors (Lipinski definition) is 3. The number of oxime groups is 1. The first-order valence-electron chi connectivity index (χ1n) is 6.09. The fourth-order valence-corrected chi connectivity index (χ4v) is 1.60. The van der Waals surface area contributed by atoms with Gasteiger partial charge in [-0.15, -0.1) is 0 Å². The Labute approximate surface area is 108 Å². The van der Waals surface area contributed by atoms with Crippen molar-refractivity contribution in [1.82, 2.24) is 10.3 Å². The van der Waals surface area contributed by atoms with Gasteiger partial charge in [-0.1, -0.05) is 25.1 Å². The molecule has 0 bridgehead atoms. The summed E-state index contributed by atoms with van der Waals surface area (Å²) in [5, 5.41) is 15.1. The number of nitrogens with zero attached hydrogens (tertiary/aromatic N) is 2. The second kappa shape index (κ2) is 6.35. The molecule has 0 amide bonds. The van der Waals surface area contributed by atoms with Crippen LogP contribution < -0.4 is 11.1 Å². The minimum absolute atomic E-state index is 0.189. The van der Waals surface area contributed by atoms with E-state index in [1.54, 1.807) is 6.20 Å². The first kappa shape index (κ1) is 14.4. The van der Waals surface area contributed by atoms with Crippen LogP contribution in [0.3, 0.4) is 0 Å². The van der Waals surface area contributed by atoms with E-state index >= 15 is 0 Å². The molecular formula is C13H22N4O. The van der Waals surface area contributed by atoms with Crippen LogP contribution in [0, 0.1) is 5.41 Å². The predicted octanol–water partition coefficient (Wildman–Crippen LogP) is 1.89. The fourth-order valence-electron chi connectivity index (χ4n) is 1.60. The molecule has 0 saturated carbocycles. The van der Waals surface area contributed by atoms with Crippen molar-refractivity contribution in [2.75, 3.05) is 6.54 Å². The molecule has 0 spiro atoms. The van der Waals surface area contributed by atoms with E-state index in [1.165, 1.54) is 0 Å². The molecule has 0 fully saturated rings. The molecule has 0 radical (unpaired) electrons. The number of nitrogens with two attached hydrogens (primary N) is 1. The van der Waals surface area contributed by atoms with Crippen LogP contribution in [0.25, 0.3) is 0 Å². The third-order valence-corrected chi connectivity index (χ3v) is 3.13. The van der Waals surface area contributed by atoms with Crippen molar-refractivity contribution in [3.8, 4) is 0 Å². The third-order valence-electron chi connectivity index (χ3n) is 3.13. The van der Waals surface area contributed by atoms with Crippen LogP contribution in [-0.4, -0.2) is 22.6 Å². The molecule has 5 nitrogen and oxygen atoms in total. The summed E-state index contributed by atoms with van der Waals surface area (Å²) in [7, 11) is 0. The molecule has 0 aliphatic heterocycles. The lowest BCUT2D eigenvalue weighted by Gasteiger charge is -2.24. The highest BCUT2D eigenvalue weighted by Crippen LogP contribution is 2.20. The molecule has 0 unspecified atom stereocenters. The largest absolute Gasteiger partial charge is 0.409 e. The van der Waals surface area contributed by atoms with E-state index in [-0.39, 0.29) is 17.3 Å². The number of rotatable bonds is 6. The van der Waals surface area contributed by atoms with Crippen LogP contribution in [0.2, 0.25) is 0 Å². The zero-order valence-electron chi connectivity index (χ0n) is 11.2. The summed E-state index contributed by atoms with van der Waals surface area (Å²) in [5.74, 6) is 0.259. The minimum atomic E-state index is -0.314. The highest BCUT2D eigenvalue weighted by Gasteiger charge is 2.23. The molecule has 1 rings (SSSR count). The molecule has 0 aliphatic carbocycles. The second-order valence-electron chi connectivity index (χ2n) is 5.05. The topological polar surface area (TPSA) is 83.5 Å². The lowest BCUT2D eigenvalue weighted by Crippen LogP contribution is -2.35. The summed E-state index contributed by atoms with van der Waals surface area (Å²) in [5.41, 5.74) is 6.34. The number of pyridine rings is 1. The van der Waals surface area contributed by atoms with Gasteiger partial charge in [0.05, 0.1) is 5.69 Å². The molecule has 1 aromatic heterocycles. The van der Waals surface area contributed by atoms with Crippen molar-refractivity contribution in [3.05, 3.63) is 30.1 Å². The van der Waals surface area contributed by atoms with Crippen molar-refractivity contribution in [1.29, 1.82) is 0 Å². The predicted molar refractivity (Wildman–Crippen MR) is 72.5 cm³/mol. The quantitative estimate of drug-likeness (QED) is 0.311. The monoisotopic (exact) mass is 250 g/mol. The summed E-state index contributed by atoms with van der Waals surface area (Å²) in [6.07, 6.45) is 2.58. The number of nitrogens with one attached hydrogen (secondary N) is 1. The molecule has 0 aliphatic rings. The molecule has 0 aromatic carbocycles. The zero-order chi connectivity index (χ0) is 13.6. The van der Waals surface area contributed by atoms with Crippen molar-refractivity contribution in [3.63, 3.8) is 0 Å². The van der Waals surface area contributed by atoms with E-state index in [1.807, 2.05) is 32.0 Å². The maximum Gasteiger partial charge on any atom is 0.144 e. The van der Waals surface area contributed by atoms with E-state index in [2.05, 4.69) is 22.4 Å². The fraction of sp³-hybridized carbons (Fsp3) is 0.538. The molecule has 1 aromatic rings. The van der Waals surface area contributed by atoms with Gasteiger partial charge in [-0.3, -0.25) is 4.98 Å². The molecule has 1 heterocycles. The second-order valence-corrected chi connectivity index (χ2v) is 5.05. The van der Waals surface area contributed by atoms with Crippen LogP contribution in [0.4, 0.5) is 0 Å². The van der Waals surface area contributed by atoms with E-state index in [0.29, 0.717) is 0 Å². The van der Waals surface area contributed by atoms with E-state index in [9.17, 15) is 0 Å². The summed E-state index contributed by atoms with van der Waals surface area (Å²) < 4.78 is 0. The average Bonchev–Trinajstić information content (AvgIpc) is 2.38. The lowest BCUT2D eigenvalue weighted by molar-refractivity contribution is 0.304. The van der Waals surface area contributed by atoms with Gasteiger partial charge < -0.3 is 16.3 Å². The standard InChI is InChI=1S/C13H22N4O/c1-10(11-6-4-5-8-16-11)15-9-7-13(2,3)12(14)17-18/h4-6,8,10,15,18H,7,9H2,1-3H3,(H2,14,17)/t10-/m1/s1. The van der Waals surface area contributed by atoms with Crippen molar-refractivity contribution < 1.29 is 5.21 Å². The molecule has 4 N–H and O–H groups in total. The SMILES string of the molecule is C[C@@H](NCCC(C)(C)/C(N)=N/O)c1ccccn1. The van der Waals surface area contributed by atoms with Crippen molar-refractivity contribution in [2.45, 2.75) is 33.2 Å². The molecule has 1 atom stereocenters. The summed E-state index contributed by atoms with van der Waals surface area (Å²) in [4.78, 5) is 4.29. The molecule has 0 saturated heterocycles. The normalized spacial score (nSPS) is 14.5. The van der Waals surface area contributed by atoms with Crippen LogP contribution in [0.15, 0.2) is 29.6 Å². The third kappa shape index (κ3) is 4.00. The molecule has 100 valence electrons. The van der Waals surface area contributed by atoms with Gasteiger partial charge in [0.1, 0.15) is 5.84 Å². The first-order chi connectivity index (χ1) is 8.47. The van der Waals surface area contributed by atoms with Gasteiger partial charge in [-0.2, -0.15) is 0 Å². The first-order valence-corrected chi connectivity index (χ1v) is 6.09. The van der Waals surface area contributed by atoms with Crippen LogP contribution >= 0.6 is 0 Å². The van der Waals surface area contributed by atoms with Crippen LogP contribution in [0.1, 0.15) is 38.9 Å². The van der Waals surface area contributed by atoms with Gasteiger partial charge in [0.15, 0.2) is 0 Å². The van der Waals surface area contributed by atoms with Gasteiger partial charge in [0.25, 0.3) is 0 Å². The Kier molecular flexibility index (Phi) is 5.09. The highest BCUT2D eigenvalue weighted by molar-refractivity contribution is 5.85. The summed E-state index contributed by atoms with van der Waals surface area (Å²) in [6.45, 7) is 6.75. The number of aromatic nitrogens is 1. The maximum atomic E-state index is 8.69. The Morgan fingerprint density at radius 2 is 2.28 bits per heavy atom. The number of hydrogen-bond acceptors (Lipinski definition) is 4. The van der Waals surface area contributed by atoms with Gasteiger partial charge in [-0.25, -0.2) is 0 Å². The van der Waals surface area contributed by atoms with Crippen molar-refractivity contribution >= 4 is 5.84 Å². The average molecular weight is 250 g/mol. The summed E-state index contributed by atoms with van der Waals surface area (Å²) >= 11 is 0. The zero-order valence-corrected chi connectivity index (χ0v) is 11.2. The van der Waals surface area contributed by atoms with Gasteiger partial charge in [-0.05, 0) is 32.0 Å².